The Kier molecular flexibility index (Phi) is 6.37. The van der Waals surface area contributed by atoms with E-state index in [1.165, 1.54) is 25.7 Å². The van der Waals surface area contributed by atoms with Crippen LogP contribution in [0, 0.1) is 5.92 Å². The van der Waals surface area contributed by atoms with E-state index < -0.39 is 0 Å². The molecule has 2 N–H and O–H groups in total. The summed E-state index contributed by atoms with van der Waals surface area (Å²) in [4.78, 5) is 0. The molecule has 0 heterocycles. The highest BCUT2D eigenvalue weighted by Gasteiger charge is 2.27. The molecule has 0 amide bonds. The molecule has 2 unspecified atom stereocenters. The molecule has 1 aromatic rings. The minimum Gasteiger partial charge on any atom is -0.490 e. The molecule has 2 rings (SSSR count). The second kappa shape index (κ2) is 8.04. The van der Waals surface area contributed by atoms with E-state index in [1.54, 1.807) is 0 Å². The Labute approximate surface area is 136 Å². The SMILES string of the molecule is CCOc1cc(CN)cc(Br)c1OC1CCCCC1CC. The third-order valence-corrected chi connectivity index (χ3v) is 4.83. The summed E-state index contributed by atoms with van der Waals surface area (Å²) in [5.41, 5.74) is 6.79. The monoisotopic (exact) mass is 355 g/mol. The van der Waals surface area contributed by atoms with Gasteiger partial charge in [0.05, 0.1) is 11.1 Å². The topological polar surface area (TPSA) is 44.5 Å². The first-order valence-corrected chi connectivity index (χ1v) is 8.80. The zero-order chi connectivity index (χ0) is 15.2. The molecule has 0 radical (unpaired) electrons. The third-order valence-electron chi connectivity index (χ3n) is 4.24. The van der Waals surface area contributed by atoms with E-state index in [2.05, 4.69) is 22.9 Å². The molecule has 1 saturated carbocycles. The molecule has 1 fully saturated rings. The minimum absolute atomic E-state index is 0.294. The Morgan fingerprint density at radius 3 is 2.67 bits per heavy atom. The number of benzene rings is 1. The highest BCUT2D eigenvalue weighted by Crippen LogP contribution is 2.40. The lowest BCUT2D eigenvalue weighted by atomic mass is 9.85. The Morgan fingerprint density at radius 2 is 2.00 bits per heavy atom. The summed E-state index contributed by atoms with van der Waals surface area (Å²) >= 11 is 3.62. The number of hydrogen-bond acceptors (Lipinski definition) is 3. The first kappa shape index (κ1) is 16.6. The van der Waals surface area contributed by atoms with Crippen molar-refractivity contribution >= 4 is 15.9 Å². The summed E-state index contributed by atoms with van der Waals surface area (Å²) in [5, 5.41) is 0. The van der Waals surface area contributed by atoms with Gasteiger partial charge in [0.15, 0.2) is 11.5 Å². The maximum absolute atomic E-state index is 6.36. The maximum atomic E-state index is 6.36. The zero-order valence-corrected chi connectivity index (χ0v) is 14.6. The maximum Gasteiger partial charge on any atom is 0.175 e. The molecule has 1 aliphatic carbocycles. The van der Waals surface area contributed by atoms with Crippen molar-refractivity contribution in [2.24, 2.45) is 11.7 Å². The van der Waals surface area contributed by atoms with Gasteiger partial charge in [-0.3, -0.25) is 0 Å². The average molecular weight is 356 g/mol. The molecule has 21 heavy (non-hydrogen) atoms. The van der Waals surface area contributed by atoms with E-state index in [0.29, 0.717) is 25.2 Å². The van der Waals surface area contributed by atoms with Crippen molar-refractivity contribution in [1.82, 2.24) is 0 Å². The van der Waals surface area contributed by atoms with Crippen molar-refractivity contribution in [3.63, 3.8) is 0 Å². The Bertz CT molecular complexity index is 464. The smallest absolute Gasteiger partial charge is 0.175 e. The van der Waals surface area contributed by atoms with Crippen LogP contribution in [0.15, 0.2) is 16.6 Å². The molecule has 0 saturated heterocycles. The van der Waals surface area contributed by atoms with Crippen LogP contribution in [0.3, 0.4) is 0 Å². The summed E-state index contributed by atoms with van der Waals surface area (Å²) in [6.07, 6.45) is 6.45. The van der Waals surface area contributed by atoms with Crippen molar-refractivity contribution < 1.29 is 9.47 Å². The quantitative estimate of drug-likeness (QED) is 0.807. The number of nitrogens with two attached hydrogens (primary N) is 1. The normalized spacial score (nSPS) is 22.1. The van der Waals surface area contributed by atoms with E-state index in [9.17, 15) is 0 Å². The van der Waals surface area contributed by atoms with Crippen LogP contribution < -0.4 is 15.2 Å². The summed E-state index contributed by atoms with van der Waals surface area (Å²) < 4.78 is 13.1. The van der Waals surface area contributed by atoms with E-state index in [4.69, 9.17) is 15.2 Å². The van der Waals surface area contributed by atoms with Crippen LogP contribution in [0.1, 0.15) is 51.5 Å². The highest BCUT2D eigenvalue weighted by atomic mass is 79.9. The van der Waals surface area contributed by atoms with Crippen LogP contribution in [0.5, 0.6) is 11.5 Å². The second-order valence-electron chi connectivity index (χ2n) is 5.65. The van der Waals surface area contributed by atoms with Crippen LogP contribution in [-0.2, 0) is 6.54 Å². The minimum atomic E-state index is 0.294. The Morgan fingerprint density at radius 1 is 1.24 bits per heavy atom. The van der Waals surface area contributed by atoms with Crippen molar-refractivity contribution in [1.29, 1.82) is 0 Å². The molecule has 0 aliphatic heterocycles. The van der Waals surface area contributed by atoms with Gasteiger partial charge in [0.25, 0.3) is 0 Å². The lowest BCUT2D eigenvalue weighted by Crippen LogP contribution is -2.30. The van der Waals surface area contributed by atoms with Gasteiger partial charge in [0, 0.05) is 6.54 Å². The van der Waals surface area contributed by atoms with E-state index in [0.717, 1.165) is 28.0 Å². The van der Waals surface area contributed by atoms with Crippen molar-refractivity contribution in [3.05, 3.63) is 22.2 Å². The predicted molar refractivity (Wildman–Crippen MR) is 89.9 cm³/mol. The van der Waals surface area contributed by atoms with Gasteiger partial charge in [0.1, 0.15) is 6.10 Å². The van der Waals surface area contributed by atoms with Crippen LogP contribution >= 0.6 is 15.9 Å². The van der Waals surface area contributed by atoms with Gasteiger partial charge in [-0.05, 0) is 72.2 Å². The molecular formula is C17H26BrNO2. The fraction of sp³-hybridized carbons (Fsp3) is 0.647. The van der Waals surface area contributed by atoms with Crippen LogP contribution in [0.25, 0.3) is 0 Å². The first-order valence-electron chi connectivity index (χ1n) is 8.01. The van der Waals surface area contributed by atoms with Gasteiger partial charge >= 0.3 is 0 Å². The fourth-order valence-electron chi connectivity index (χ4n) is 3.06. The number of ether oxygens (including phenoxy) is 2. The highest BCUT2D eigenvalue weighted by molar-refractivity contribution is 9.10. The molecular weight excluding hydrogens is 330 g/mol. The molecule has 4 heteroatoms. The van der Waals surface area contributed by atoms with Gasteiger partial charge in [-0.15, -0.1) is 0 Å². The Hall–Kier alpha value is -0.740. The zero-order valence-electron chi connectivity index (χ0n) is 13.0. The lowest BCUT2D eigenvalue weighted by Gasteiger charge is -2.32. The van der Waals surface area contributed by atoms with Gasteiger partial charge in [-0.25, -0.2) is 0 Å². The molecule has 2 atom stereocenters. The predicted octanol–water partition coefficient (Wildman–Crippen LogP) is 4.65. The standard InChI is InChI=1S/C17H26BrNO2/c1-3-13-7-5-6-8-15(13)21-17-14(18)9-12(11-19)10-16(17)20-4-2/h9-10,13,15H,3-8,11,19H2,1-2H3. The largest absolute Gasteiger partial charge is 0.490 e. The molecule has 0 aromatic heterocycles. The van der Waals surface area contributed by atoms with E-state index in [-0.39, 0.29) is 0 Å². The van der Waals surface area contributed by atoms with Crippen molar-refractivity contribution in [3.8, 4) is 11.5 Å². The van der Waals surface area contributed by atoms with E-state index >= 15 is 0 Å². The van der Waals surface area contributed by atoms with E-state index in [1.807, 2.05) is 19.1 Å². The van der Waals surface area contributed by atoms with Crippen LogP contribution in [-0.4, -0.2) is 12.7 Å². The van der Waals surface area contributed by atoms with Gasteiger partial charge in [-0.2, -0.15) is 0 Å². The third kappa shape index (κ3) is 4.13. The summed E-state index contributed by atoms with van der Waals surface area (Å²) in [5.74, 6) is 2.28. The van der Waals surface area contributed by atoms with Crippen molar-refractivity contribution in [2.75, 3.05) is 6.61 Å². The first-order chi connectivity index (χ1) is 10.2. The number of halogens is 1. The summed E-state index contributed by atoms with van der Waals surface area (Å²) in [6.45, 7) is 5.36. The van der Waals surface area contributed by atoms with Crippen molar-refractivity contribution in [2.45, 2.75) is 58.6 Å². The molecule has 3 nitrogen and oxygen atoms in total. The van der Waals surface area contributed by atoms with Crippen LogP contribution in [0.4, 0.5) is 0 Å². The average Bonchev–Trinajstić information content (AvgIpc) is 2.51. The molecule has 1 aromatic carbocycles. The molecule has 118 valence electrons. The summed E-state index contributed by atoms with van der Waals surface area (Å²) in [6, 6.07) is 4.02. The van der Waals surface area contributed by atoms with Gasteiger partial charge in [-0.1, -0.05) is 13.3 Å². The van der Waals surface area contributed by atoms with Gasteiger partial charge in [0.2, 0.25) is 0 Å². The van der Waals surface area contributed by atoms with Crippen LogP contribution in [0.2, 0.25) is 0 Å². The second-order valence-corrected chi connectivity index (χ2v) is 6.51. The fourth-order valence-corrected chi connectivity index (χ4v) is 3.65. The van der Waals surface area contributed by atoms with Gasteiger partial charge < -0.3 is 15.2 Å². The number of hydrogen-bond donors (Lipinski definition) is 1. The Balaban J connectivity index is 2.24. The molecule has 0 bridgehead atoms. The number of rotatable bonds is 6. The lowest BCUT2D eigenvalue weighted by molar-refractivity contribution is 0.0857. The molecule has 1 aliphatic rings. The summed E-state index contributed by atoms with van der Waals surface area (Å²) in [7, 11) is 0. The molecule has 0 spiro atoms.